The minimum absolute atomic E-state index is 0.113. The van der Waals surface area contributed by atoms with Gasteiger partial charge in [-0.2, -0.15) is 0 Å². The van der Waals surface area contributed by atoms with Crippen LogP contribution in [0.5, 0.6) is 0 Å². The maximum Gasteiger partial charge on any atom is 0.354 e. The molecule has 4 heteroatoms. The van der Waals surface area contributed by atoms with Crippen molar-refractivity contribution in [2.45, 2.75) is 19.6 Å². The Bertz CT molecular complexity index is 313. The van der Waals surface area contributed by atoms with E-state index in [1.807, 2.05) is 6.07 Å². The van der Waals surface area contributed by atoms with Crippen molar-refractivity contribution in [2.75, 3.05) is 0 Å². The second-order valence-corrected chi connectivity index (χ2v) is 9.06. The molecule has 0 unspecified atom stereocenters. The molecule has 3 nitrogen and oxygen atoms in total. The maximum absolute atomic E-state index is 10.5. The molecule has 1 N–H and O–H groups in total. The molecule has 0 bridgehead atoms. The molecule has 0 spiro atoms. The van der Waals surface area contributed by atoms with Crippen LogP contribution >= 0.6 is 0 Å². The highest BCUT2D eigenvalue weighted by Gasteiger charge is 2.16. The van der Waals surface area contributed by atoms with Gasteiger partial charge in [-0.3, -0.25) is 0 Å². The quantitative estimate of drug-likeness (QED) is 0.724. The summed E-state index contributed by atoms with van der Waals surface area (Å²) in [6.45, 7) is 6.60. The molecule has 0 atom stereocenters. The van der Waals surface area contributed by atoms with Gasteiger partial charge in [0, 0.05) is 6.20 Å². The second kappa shape index (κ2) is 3.30. The number of aromatic nitrogens is 1. The third kappa shape index (κ3) is 2.38. The van der Waals surface area contributed by atoms with Gasteiger partial charge in [0.25, 0.3) is 0 Å². The summed E-state index contributed by atoms with van der Waals surface area (Å²) in [5, 5.41) is 9.81. The minimum Gasteiger partial charge on any atom is -0.477 e. The number of carbonyl (C=O) groups is 1. The van der Waals surface area contributed by atoms with E-state index >= 15 is 0 Å². The monoisotopic (exact) mass is 195 g/mol. The Labute approximate surface area is 78.4 Å². The summed E-state index contributed by atoms with van der Waals surface area (Å²) in [5.74, 6) is -0.970. The topological polar surface area (TPSA) is 50.2 Å². The van der Waals surface area contributed by atoms with Crippen molar-refractivity contribution >= 4 is 19.2 Å². The van der Waals surface area contributed by atoms with E-state index < -0.39 is 14.0 Å². The summed E-state index contributed by atoms with van der Waals surface area (Å²) in [6, 6.07) is 3.43. The molecule has 0 aliphatic carbocycles. The Balaban J connectivity index is 3.01. The predicted molar refractivity (Wildman–Crippen MR) is 54.2 cm³/mol. The standard InChI is InChI=1S/C9H13NO2Si/c1-13(2,3)7-4-5-8(9(11)12)10-6-7/h4-6H,1-3H3,(H,11,12). The SMILES string of the molecule is C[Si](C)(C)c1ccc(C(=O)O)nc1. The molecule has 0 saturated heterocycles. The number of carboxylic acids is 1. The van der Waals surface area contributed by atoms with E-state index in [0.29, 0.717) is 0 Å². The Morgan fingerprint density at radius 3 is 2.31 bits per heavy atom. The second-order valence-electron chi connectivity index (χ2n) is 3.99. The molecular formula is C9H13NO2Si. The van der Waals surface area contributed by atoms with Gasteiger partial charge in [0.15, 0.2) is 0 Å². The third-order valence-corrected chi connectivity index (χ3v) is 3.88. The lowest BCUT2D eigenvalue weighted by Gasteiger charge is -2.15. The third-order valence-electron chi connectivity index (χ3n) is 1.85. The Morgan fingerprint density at radius 1 is 1.38 bits per heavy atom. The van der Waals surface area contributed by atoms with Crippen LogP contribution in [0.4, 0.5) is 0 Å². The number of aromatic carboxylic acids is 1. The number of nitrogens with zero attached hydrogens (tertiary/aromatic N) is 1. The van der Waals surface area contributed by atoms with Crippen molar-refractivity contribution in [3.8, 4) is 0 Å². The predicted octanol–water partition coefficient (Wildman–Crippen LogP) is 1.32. The van der Waals surface area contributed by atoms with Crippen molar-refractivity contribution in [1.29, 1.82) is 0 Å². The summed E-state index contributed by atoms with van der Waals surface area (Å²) in [7, 11) is -1.35. The van der Waals surface area contributed by atoms with Crippen LogP contribution in [0.3, 0.4) is 0 Å². The number of hydrogen-bond acceptors (Lipinski definition) is 2. The number of rotatable bonds is 2. The summed E-state index contributed by atoms with van der Waals surface area (Å²) in [6.07, 6.45) is 1.68. The number of pyridine rings is 1. The van der Waals surface area contributed by atoms with Gasteiger partial charge in [0.2, 0.25) is 0 Å². The first-order valence-corrected chi connectivity index (χ1v) is 7.61. The van der Waals surface area contributed by atoms with Crippen molar-refractivity contribution in [2.24, 2.45) is 0 Å². The minimum atomic E-state index is -1.35. The highest BCUT2D eigenvalue weighted by atomic mass is 28.3. The summed E-state index contributed by atoms with van der Waals surface area (Å²) >= 11 is 0. The lowest BCUT2D eigenvalue weighted by molar-refractivity contribution is 0.0690. The van der Waals surface area contributed by atoms with E-state index in [9.17, 15) is 4.79 Å². The van der Waals surface area contributed by atoms with Crippen LogP contribution in [0.1, 0.15) is 10.5 Å². The molecule has 1 heterocycles. The Hall–Kier alpha value is -1.16. The Kier molecular flexibility index (Phi) is 2.52. The molecule has 0 aromatic carbocycles. The van der Waals surface area contributed by atoms with Crippen LogP contribution in [0, 0.1) is 0 Å². The normalized spacial score (nSPS) is 11.3. The van der Waals surface area contributed by atoms with Gasteiger partial charge in [0.05, 0.1) is 8.07 Å². The molecule has 0 amide bonds. The van der Waals surface area contributed by atoms with Crippen LogP contribution in [0.2, 0.25) is 19.6 Å². The van der Waals surface area contributed by atoms with Gasteiger partial charge >= 0.3 is 5.97 Å². The zero-order chi connectivity index (χ0) is 10.1. The van der Waals surface area contributed by atoms with Crippen LogP contribution in [-0.4, -0.2) is 24.1 Å². The van der Waals surface area contributed by atoms with Gasteiger partial charge in [-0.05, 0) is 11.3 Å². The first-order chi connectivity index (χ1) is 5.91. The molecule has 1 aromatic heterocycles. The molecule has 13 heavy (non-hydrogen) atoms. The zero-order valence-electron chi connectivity index (χ0n) is 8.03. The molecule has 0 radical (unpaired) electrons. The van der Waals surface area contributed by atoms with Crippen molar-refractivity contribution in [3.63, 3.8) is 0 Å². The summed E-state index contributed by atoms with van der Waals surface area (Å²) in [5.41, 5.74) is 0.113. The van der Waals surface area contributed by atoms with Crippen LogP contribution in [0.15, 0.2) is 18.3 Å². The number of carboxylic acid groups (broad SMARTS) is 1. The zero-order valence-corrected chi connectivity index (χ0v) is 9.03. The fourth-order valence-electron chi connectivity index (χ4n) is 0.964. The van der Waals surface area contributed by atoms with Gasteiger partial charge < -0.3 is 5.11 Å². The van der Waals surface area contributed by atoms with Gasteiger partial charge in [-0.15, -0.1) is 0 Å². The first-order valence-electron chi connectivity index (χ1n) is 4.11. The first kappa shape index (κ1) is 9.92. The fourth-order valence-corrected chi connectivity index (χ4v) is 2.00. The summed E-state index contributed by atoms with van der Waals surface area (Å²) in [4.78, 5) is 14.4. The number of hydrogen-bond donors (Lipinski definition) is 1. The van der Waals surface area contributed by atoms with E-state index in [0.717, 1.165) is 0 Å². The van der Waals surface area contributed by atoms with E-state index in [1.54, 1.807) is 12.3 Å². The van der Waals surface area contributed by atoms with Crippen molar-refractivity contribution < 1.29 is 9.90 Å². The molecule has 0 aliphatic heterocycles. The lowest BCUT2D eigenvalue weighted by atomic mass is 10.4. The molecule has 70 valence electrons. The average Bonchev–Trinajstić information content (AvgIpc) is 2.03. The van der Waals surface area contributed by atoms with Crippen molar-refractivity contribution in [1.82, 2.24) is 4.98 Å². The fraction of sp³-hybridized carbons (Fsp3) is 0.333. The van der Waals surface area contributed by atoms with Crippen LogP contribution < -0.4 is 5.19 Å². The van der Waals surface area contributed by atoms with Gasteiger partial charge in [0.1, 0.15) is 5.69 Å². The van der Waals surface area contributed by atoms with E-state index in [1.165, 1.54) is 5.19 Å². The maximum atomic E-state index is 10.5. The van der Waals surface area contributed by atoms with E-state index in [4.69, 9.17) is 5.11 Å². The van der Waals surface area contributed by atoms with Crippen LogP contribution in [-0.2, 0) is 0 Å². The lowest BCUT2D eigenvalue weighted by Crippen LogP contribution is -2.37. The van der Waals surface area contributed by atoms with Crippen molar-refractivity contribution in [3.05, 3.63) is 24.0 Å². The highest BCUT2D eigenvalue weighted by molar-refractivity contribution is 6.88. The van der Waals surface area contributed by atoms with Gasteiger partial charge in [-0.25, -0.2) is 9.78 Å². The molecule has 0 aliphatic rings. The molecule has 1 rings (SSSR count). The molecule has 1 aromatic rings. The van der Waals surface area contributed by atoms with Crippen LogP contribution in [0.25, 0.3) is 0 Å². The highest BCUT2D eigenvalue weighted by Crippen LogP contribution is 2.01. The largest absolute Gasteiger partial charge is 0.477 e. The smallest absolute Gasteiger partial charge is 0.354 e. The molecular weight excluding hydrogens is 182 g/mol. The molecule has 0 saturated carbocycles. The Morgan fingerprint density at radius 2 is 2.00 bits per heavy atom. The summed E-state index contributed by atoms with van der Waals surface area (Å²) < 4.78 is 0. The molecule has 0 fully saturated rings. The van der Waals surface area contributed by atoms with E-state index in [2.05, 4.69) is 24.6 Å². The van der Waals surface area contributed by atoms with E-state index in [-0.39, 0.29) is 5.69 Å². The van der Waals surface area contributed by atoms with Gasteiger partial charge in [-0.1, -0.05) is 25.7 Å². The average molecular weight is 195 g/mol.